The van der Waals surface area contributed by atoms with Gasteiger partial charge in [0.15, 0.2) is 0 Å². The Bertz CT molecular complexity index is 391. The van der Waals surface area contributed by atoms with E-state index in [-0.39, 0.29) is 12.5 Å². The highest BCUT2D eigenvalue weighted by Crippen LogP contribution is 2.09. The highest BCUT2D eigenvalue weighted by Gasteiger charge is 1.96. The lowest BCUT2D eigenvalue weighted by Crippen LogP contribution is -2.07. The predicted molar refractivity (Wildman–Crippen MR) is 64.9 cm³/mol. The molecule has 0 aliphatic heterocycles. The fourth-order valence-corrected chi connectivity index (χ4v) is 1.13. The van der Waals surface area contributed by atoms with E-state index in [0.717, 1.165) is 5.56 Å². The van der Waals surface area contributed by atoms with E-state index in [1.54, 1.807) is 36.4 Å². The first-order chi connectivity index (χ1) is 7.76. The summed E-state index contributed by atoms with van der Waals surface area (Å²) >= 11 is 0. The molecule has 84 valence electrons. The minimum absolute atomic E-state index is 0.00935. The van der Waals surface area contributed by atoms with Crippen molar-refractivity contribution < 1.29 is 9.90 Å². The number of benzene rings is 1. The third-order valence-electron chi connectivity index (χ3n) is 1.96. The quantitative estimate of drug-likeness (QED) is 0.600. The van der Waals surface area contributed by atoms with Crippen LogP contribution in [0.25, 0.3) is 0 Å². The summed E-state index contributed by atoms with van der Waals surface area (Å²) in [6, 6.07) is 7.05. The van der Waals surface area contributed by atoms with Crippen LogP contribution in [-0.4, -0.2) is 11.0 Å². The molecular formula is C13H15NO2. The summed E-state index contributed by atoms with van der Waals surface area (Å²) in [5.41, 5.74) is 1.54. The number of amides is 1. The first-order valence-corrected chi connectivity index (χ1v) is 5.06. The molecule has 1 rings (SSSR count). The SMILES string of the molecule is CC=CC=CC(=O)Nc1ccc(CO)cc1. The zero-order chi connectivity index (χ0) is 11.8. The van der Waals surface area contributed by atoms with Gasteiger partial charge in [0.2, 0.25) is 5.91 Å². The summed E-state index contributed by atoms with van der Waals surface area (Å²) in [6.07, 6.45) is 6.77. The molecule has 0 spiro atoms. The number of hydrogen-bond acceptors (Lipinski definition) is 2. The van der Waals surface area contributed by atoms with Crippen LogP contribution < -0.4 is 5.32 Å². The molecule has 0 saturated heterocycles. The molecule has 2 N–H and O–H groups in total. The molecule has 1 aromatic rings. The minimum atomic E-state index is -0.171. The van der Waals surface area contributed by atoms with Crippen LogP contribution in [0.3, 0.4) is 0 Å². The molecule has 0 aliphatic rings. The zero-order valence-electron chi connectivity index (χ0n) is 9.18. The first-order valence-electron chi connectivity index (χ1n) is 5.06. The summed E-state index contributed by atoms with van der Waals surface area (Å²) in [4.78, 5) is 11.4. The average molecular weight is 217 g/mol. The van der Waals surface area contributed by atoms with E-state index in [1.807, 2.05) is 13.0 Å². The van der Waals surface area contributed by atoms with E-state index in [0.29, 0.717) is 5.69 Å². The Hall–Kier alpha value is -1.87. The standard InChI is InChI=1S/C13H15NO2/c1-2-3-4-5-13(16)14-12-8-6-11(10-15)7-9-12/h2-9,15H,10H2,1H3,(H,14,16). The third-order valence-corrected chi connectivity index (χ3v) is 1.96. The van der Waals surface area contributed by atoms with Crippen LogP contribution in [0.5, 0.6) is 0 Å². The number of carbonyl (C=O) groups is 1. The molecule has 0 fully saturated rings. The maximum absolute atomic E-state index is 11.4. The Morgan fingerprint density at radius 2 is 2.00 bits per heavy atom. The van der Waals surface area contributed by atoms with Crippen LogP contribution in [-0.2, 0) is 11.4 Å². The second-order valence-electron chi connectivity index (χ2n) is 3.23. The summed E-state index contributed by atoms with van der Waals surface area (Å²) in [7, 11) is 0. The van der Waals surface area contributed by atoms with Crippen molar-refractivity contribution in [3.8, 4) is 0 Å². The highest BCUT2D eigenvalue weighted by molar-refractivity contribution is 5.99. The van der Waals surface area contributed by atoms with E-state index in [1.165, 1.54) is 6.08 Å². The minimum Gasteiger partial charge on any atom is -0.392 e. The summed E-state index contributed by atoms with van der Waals surface area (Å²) < 4.78 is 0. The fraction of sp³-hybridized carbons (Fsp3) is 0.154. The fourth-order valence-electron chi connectivity index (χ4n) is 1.13. The van der Waals surface area contributed by atoms with Gasteiger partial charge in [-0.2, -0.15) is 0 Å². The largest absolute Gasteiger partial charge is 0.392 e. The molecule has 0 aromatic heterocycles. The highest BCUT2D eigenvalue weighted by atomic mass is 16.3. The molecule has 0 radical (unpaired) electrons. The maximum atomic E-state index is 11.4. The van der Waals surface area contributed by atoms with Crippen molar-refractivity contribution in [2.45, 2.75) is 13.5 Å². The zero-order valence-corrected chi connectivity index (χ0v) is 9.18. The van der Waals surface area contributed by atoms with Gasteiger partial charge < -0.3 is 10.4 Å². The Balaban J connectivity index is 2.56. The Morgan fingerprint density at radius 3 is 2.56 bits per heavy atom. The lowest BCUT2D eigenvalue weighted by molar-refractivity contribution is -0.111. The van der Waals surface area contributed by atoms with Crippen molar-refractivity contribution in [2.24, 2.45) is 0 Å². The summed E-state index contributed by atoms with van der Waals surface area (Å²) in [5, 5.41) is 11.6. The number of aliphatic hydroxyl groups is 1. The molecule has 1 aromatic carbocycles. The van der Waals surface area contributed by atoms with Crippen molar-refractivity contribution in [1.82, 2.24) is 0 Å². The number of allylic oxidation sites excluding steroid dienone is 3. The van der Waals surface area contributed by atoms with Crippen LogP contribution >= 0.6 is 0 Å². The Morgan fingerprint density at radius 1 is 1.31 bits per heavy atom. The van der Waals surface area contributed by atoms with Crippen LogP contribution in [0.1, 0.15) is 12.5 Å². The van der Waals surface area contributed by atoms with Gasteiger partial charge >= 0.3 is 0 Å². The smallest absolute Gasteiger partial charge is 0.248 e. The second kappa shape index (κ2) is 6.58. The van der Waals surface area contributed by atoms with Gasteiger partial charge in [-0.3, -0.25) is 4.79 Å². The number of anilines is 1. The van der Waals surface area contributed by atoms with Crippen molar-refractivity contribution in [2.75, 3.05) is 5.32 Å². The number of carbonyl (C=O) groups excluding carboxylic acids is 1. The molecule has 0 heterocycles. The predicted octanol–water partition coefficient (Wildman–Crippen LogP) is 2.25. The van der Waals surface area contributed by atoms with Crippen molar-refractivity contribution in [1.29, 1.82) is 0 Å². The molecule has 1 amide bonds. The molecular weight excluding hydrogens is 202 g/mol. The number of hydrogen-bond donors (Lipinski definition) is 2. The van der Waals surface area contributed by atoms with Crippen molar-refractivity contribution in [3.63, 3.8) is 0 Å². The van der Waals surface area contributed by atoms with Crippen molar-refractivity contribution in [3.05, 3.63) is 54.1 Å². The van der Waals surface area contributed by atoms with Gasteiger partial charge in [-0.05, 0) is 24.6 Å². The molecule has 0 atom stereocenters. The van der Waals surface area contributed by atoms with Gasteiger partial charge in [-0.25, -0.2) is 0 Å². The molecule has 3 heteroatoms. The first kappa shape index (κ1) is 12.2. The van der Waals surface area contributed by atoms with E-state index in [9.17, 15) is 4.79 Å². The lowest BCUT2D eigenvalue weighted by Gasteiger charge is -2.02. The van der Waals surface area contributed by atoms with Crippen LogP contribution in [0, 0.1) is 0 Å². The van der Waals surface area contributed by atoms with Gasteiger partial charge in [0.1, 0.15) is 0 Å². The topological polar surface area (TPSA) is 49.3 Å². The lowest BCUT2D eigenvalue weighted by atomic mass is 10.2. The summed E-state index contributed by atoms with van der Waals surface area (Å²) in [6.45, 7) is 1.89. The molecule has 0 bridgehead atoms. The maximum Gasteiger partial charge on any atom is 0.248 e. The van der Waals surface area contributed by atoms with Crippen LogP contribution in [0.2, 0.25) is 0 Å². The third kappa shape index (κ3) is 4.11. The molecule has 3 nitrogen and oxygen atoms in total. The van der Waals surface area contributed by atoms with E-state index in [4.69, 9.17) is 5.11 Å². The number of aliphatic hydroxyl groups excluding tert-OH is 1. The van der Waals surface area contributed by atoms with E-state index >= 15 is 0 Å². The van der Waals surface area contributed by atoms with Crippen molar-refractivity contribution >= 4 is 11.6 Å². The molecule has 0 saturated carbocycles. The molecule has 0 aliphatic carbocycles. The van der Waals surface area contributed by atoms with Gasteiger partial charge in [0.05, 0.1) is 6.61 Å². The van der Waals surface area contributed by atoms with E-state index < -0.39 is 0 Å². The number of rotatable bonds is 4. The molecule has 0 unspecified atom stereocenters. The number of nitrogens with one attached hydrogen (secondary N) is 1. The van der Waals surface area contributed by atoms with Gasteiger partial charge in [0.25, 0.3) is 0 Å². The van der Waals surface area contributed by atoms with E-state index in [2.05, 4.69) is 5.32 Å². The summed E-state index contributed by atoms with van der Waals surface area (Å²) in [5.74, 6) is -0.171. The van der Waals surface area contributed by atoms with Crippen LogP contribution in [0.4, 0.5) is 5.69 Å². The van der Waals surface area contributed by atoms with Crippen LogP contribution in [0.15, 0.2) is 48.6 Å². The van der Waals surface area contributed by atoms with Gasteiger partial charge in [-0.1, -0.05) is 30.4 Å². The van der Waals surface area contributed by atoms with Gasteiger partial charge in [0, 0.05) is 11.8 Å². The Labute approximate surface area is 95.1 Å². The second-order valence-corrected chi connectivity index (χ2v) is 3.23. The Kier molecular flexibility index (Phi) is 5.02. The molecule has 16 heavy (non-hydrogen) atoms. The average Bonchev–Trinajstić information content (AvgIpc) is 2.30. The normalized spacial score (nSPS) is 11.1. The monoisotopic (exact) mass is 217 g/mol. The van der Waals surface area contributed by atoms with Gasteiger partial charge in [-0.15, -0.1) is 0 Å².